The Morgan fingerprint density at radius 3 is 2.42 bits per heavy atom. The number of nitro benzene ring substituents is 1. The van der Waals surface area contributed by atoms with Crippen molar-refractivity contribution >= 4 is 50.3 Å². The van der Waals surface area contributed by atoms with Gasteiger partial charge in [-0.15, -0.1) is 0 Å². The summed E-state index contributed by atoms with van der Waals surface area (Å²) < 4.78 is 19.5. The highest BCUT2D eigenvalue weighted by molar-refractivity contribution is 6.04. The number of fused-ring (bicyclic) bond motifs is 5. The minimum absolute atomic E-state index is 0.0677. The summed E-state index contributed by atoms with van der Waals surface area (Å²) in [4.78, 5) is 37.3. The van der Waals surface area contributed by atoms with Crippen LogP contribution in [0.15, 0.2) is 77.6 Å². The number of aromatic nitrogens is 1. The van der Waals surface area contributed by atoms with Gasteiger partial charge in [0.1, 0.15) is 23.2 Å². The fourth-order valence-corrected chi connectivity index (χ4v) is 5.79. The maximum Gasteiger partial charge on any atom is 0.331 e. The molecule has 2 heterocycles. The Balaban J connectivity index is 1.45. The van der Waals surface area contributed by atoms with Crippen molar-refractivity contribution in [2.45, 2.75) is 31.7 Å². The molecule has 2 atom stereocenters. The summed E-state index contributed by atoms with van der Waals surface area (Å²) in [6.45, 7) is 3.39. The van der Waals surface area contributed by atoms with E-state index in [1.807, 2.05) is 41.0 Å². The Morgan fingerprint density at radius 2 is 1.77 bits per heavy atom. The standard InChI is InChI=1S/C33H28N2O8/c1-33(2)32(42-26(36)14-11-18-9-12-21(13-10-18)35(39)40)31(38)28-25(43-33)17-24(41-4)27-29(28)34(3)23-16-20-8-6-5-7-19(20)15-22(23)30(27)37/h5-17,31-32,38H,1-4H3/t31-,32-/m0/s1. The van der Waals surface area contributed by atoms with Crippen molar-refractivity contribution in [3.8, 4) is 11.5 Å². The highest BCUT2D eigenvalue weighted by Gasteiger charge is 2.47. The number of ether oxygens (including phenoxy) is 3. The second-order valence-electron chi connectivity index (χ2n) is 11.0. The van der Waals surface area contributed by atoms with Crippen LogP contribution in [-0.4, -0.2) is 39.4 Å². The third-order valence-corrected chi connectivity index (χ3v) is 7.92. The summed E-state index contributed by atoms with van der Waals surface area (Å²) in [6.07, 6.45) is 0.143. The van der Waals surface area contributed by atoms with E-state index < -0.39 is 28.7 Å². The SMILES string of the molecule is COc1cc2c(c3c1c(=O)c1cc4ccccc4cc1n3C)[C@H](O)[C@H](OC(=O)C=Cc1ccc([N+](=O)[O-])cc1)C(C)(C)O2. The fraction of sp³-hybridized carbons (Fsp3) is 0.212. The largest absolute Gasteiger partial charge is 0.496 e. The van der Waals surface area contributed by atoms with Crippen molar-refractivity contribution in [2.75, 3.05) is 7.11 Å². The molecule has 4 aromatic carbocycles. The Bertz CT molecular complexity index is 2040. The molecule has 1 aliphatic heterocycles. The third-order valence-electron chi connectivity index (χ3n) is 7.92. The van der Waals surface area contributed by atoms with Crippen molar-refractivity contribution in [2.24, 2.45) is 7.05 Å². The molecule has 0 saturated carbocycles. The van der Waals surface area contributed by atoms with Crippen LogP contribution >= 0.6 is 0 Å². The smallest absolute Gasteiger partial charge is 0.331 e. The molecule has 218 valence electrons. The van der Waals surface area contributed by atoms with E-state index in [0.29, 0.717) is 39.0 Å². The molecule has 10 heteroatoms. The lowest BCUT2D eigenvalue weighted by molar-refractivity contribution is -0.384. The van der Waals surface area contributed by atoms with Gasteiger partial charge in [-0.3, -0.25) is 14.9 Å². The lowest BCUT2D eigenvalue weighted by atomic mass is 9.86. The highest BCUT2D eigenvalue weighted by Crippen LogP contribution is 2.47. The molecule has 0 amide bonds. The summed E-state index contributed by atoms with van der Waals surface area (Å²) in [5.41, 5.74) is 0.443. The summed E-state index contributed by atoms with van der Waals surface area (Å²) in [7, 11) is 3.27. The van der Waals surface area contributed by atoms with Gasteiger partial charge < -0.3 is 23.9 Å². The van der Waals surface area contributed by atoms with E-state index in [-0.39, 0.29) is 16.5 Å². The van der Waals surface area contributed by atoms with Crippen LogP contribution in [0.4, 0.5) is 5.69 Å². The molecule has 0 spiro atoms. The zero-order valence-electron chi connectivity index (χ0n) is 23.9. The van der Waals surface area contributed by atoms with Gasteiger partial charge in [-0.25, -0.2) is 4.79 Å². The molecule has 5 aromatic rings. The number of carbonyl (C=O) groups is 1. The second-order valence-corrected chi connectivity index (χ2v) is 11.0. The minimum Gasteiger partial charge on any atom is -0.496 e. The first-order valence-corrected chi connectivity index (χ1v) is 13.6. The van der Waals surface area contributed by atoms with Gasteiger partial charge in [0.2, 0.25) is 5.43 Å². The molecule has 0 unspecified atom stereocenters. The van der Waals surface area contributed by atoms with Crippen LogP contribution < -0.4 is 14.9 Å². The van der Waals surface area contributed by atoms with Gasteiger partial charge in [0, 0.05) is 36.7 Å². The van der Waals surface area contributed by atoms with E-state index in [2.05, 4.69) is 0 Å². The molecule has 0 radical (unpaired) electrons. The minimum atomic E-state index is -1.35. The summed E-state index contributed by atoms with van der Waals surface area (Å²) in [5.74, 6) is -0.134. The maximum absolute atomic E-state index is 14.0. The van der Waals surface area contributed by atoms with Crippen molar-refractivity contribution in [3.05, 3.63) is 104 Å². The first-order valence-electron chi connectivity index (χ1n) is 13.6. The number of nitro groups is 1. The predicted molar refractivity (Wildman–Crippen MR) is 162 cm³/mol. The lowest BCUT2D eigenvalue weighted by Gasteiger charge is -2.42. The van der Waals surface area contributed by atoms with Crippen molar-refractivity contribution in [1.29, 1.82) is 0 Å². The number of benzene rings is 4. The molecule has 0 bridgehead atoms. The number of aryl methyl sites for hydroxylation is 1. The van der Waals surface area contributed by atoms with Crippen LogP contribution in [0.25, 0.3) is 38.7 Å². The summed E-state index contributed by atoms with van der Waals surface area (Å²) in [6, 6.07) is 18.8. The van der Waals surface area contributed by atoms with E-state index in [1.54, 1.807) is 27.0 Å². The molecule has 10 nitrogen and oxygen atoms in total. The Morgan fingerprint density at radius 1 is 1.09 bits per heavy atom. The Labute approximate surface area is 245 Å². The first-order chi connectivity index (χ1) is 20.5. The third kappa shape index (κ3) is 4.65. The number of rotatable bonds is 5. The number of nitrogens with zero attached hydrogens (tertiary/aromatic N) is 2. The molecule has 1 aliphatic rings. The van der Waals surface area contributed by atoms with Gasteiger partial charge in [-0.2, -0.15) is 0 Å². The average Bonchev–Trinajstić information content (AvgIpc) is 2.99. The fourth-order valence-electron chi connectivity index (χ4n) is 5.79. The van der Waals surface area contributed by atoms with Gasteiger partial charge >= 0.3 is 5.97 Å². The van der Waals surface area contributed by atoms with Gasteiger partial charge in [0.25, 0.3) is 5.69 Å². The summed E-state index contributed by atoms with van der Waals surface area (Å²) in [5, 5.41) is 25.3. The Hall–Kier alpha value is -5.22. The molecule has 0 aliphatic carbocycles. The molecular weight excluding hydrogens is 552 g/mol. The van der Waals surface area contributed by atoms with E-state index in [9.17, 15) is 24.8 Å². The molecule has 0 fully saturated rings. The number of aliphatic hydroxyl groups is 1. The van der Waals surface area contributed by atoms with Gasteiger partial charge in [0.15, 0.2) is 6.10 Å². The Kier molecular flexibility index (Phi) is 6.66. The quantitative estimate of drug-likeness (QED) is 0.0936. The molecular formula is C33H28N2O8. The van der Waals surface area contributed by atoms with Crippen molar-refractivity contribution in [3.63, 3.8) is 0 Å². The number of pyridine rings is 1. The second kappa shape index (κ2) is 10.2. The zero-order chi connectivity index (χ0) is 30.6. The number of non-ortho nitro benzene ring substituents is 1. The normalized spacial score (nSPS) is 17.6. The predicted octanol–water partition coefficient (Wildman–Crippen LogP) is 5.59. The van der Waals surface area contributed by atoms with Crippen LogP contribution in [0.1, 0.15) is 31.1 Å². The molecule has 0 saturated heterocycles. The van der Waals surface area contributed by atoms with E-state index in [1.165, 1.54) is 43.5 Å². The first kappa shape index (κ1) is 27.9. The number of carbonyl (C=O) groups excluding carboxylic acids is 1. The number of esters is 1. The van der Waals surface area contributed by atoms with Crippen molar-refractivity contribution < 1.29 is 29.0 Å². The van der Waals surface area contributed by atoms with Gasteiger partial charge in [-0.05, 0) is 60.5 Å². The number of methoxy groups -OCH3 is 1. The van der Waals surface area contributed by atoms with Crippen LogP contribution in [0, 0.1) is 10.1 Å². The number of aliphatic hydroxyl groups excluding tert-OH is 1. The van der Waals surface area contributed by atoms with E-state index >= 15 is 0 Å². The van der Waals surface area contributed by atoms with Crippen LogP contribution in [0.5, 0.6) is 11.5 Å². The van der Waals surface area contributed by atoms with Gasteiger partial charge in [0.05, 0.1) is 34.0 Å². The number of hydrogen-bond acceptors (Lipinski definition) is 8. The van der Waals surface area contributed by atoms with Gasteiger partial charge in [-0.1, -0.05) is 24.3 Å². The molecule has 6 rings (SSSR count). The average molecular weight is 581 g/mol. The van der Waals surface area contributed by atoms with E-state index in [0.717, 1.165) is 10.8 Å². The van der Waals surface area contributed by atoms with Crippen molar-refractivity contribution in [1.82, 2.24) is 4.57 Å². The van der Waals surface area contributed by atoms with E-state index in [4.69, 9.17) is 14.2 Å². The highest BCUT2D eigenvalue weighted by atomic mass is 16.6. The maximum atomic E-state index is 14.0. The summed E-state index contributed by atoms with van der Waals surface area (Å²) >= 11 is 0. The van der Waals surface area contributed by atoms with Crippen LogP contribution in [0.2, 0.25) is 0 Å². The van der Waals surface area contributed by atoms with Crippen LogP contribution in [0.3, 0.4) is 0 Å². The zero-order valence-corrected chi connectivity index (χ0v) is 23.9. The molecule has 1 aromatic heterocycles. The monoisotopic (exact) mass is 580 g/mol. The topological polar surface area (TPSA) is 130 Å². The molecule has 43 heavy (non-hydrogen) atoms. The lowest BCUT2D eigenvalue weighted by Crippen LogP contribution is -2.51. The number of hydrogen-bond donors (Lipinski definition) is 1. The van der Waals surface area contributed by atoms with Crippen LogP contribution in [-0.2, 0) is 16.6 Å². The molecule has 1 N–H and O–H groups in total.